The molecule has 1 atom stereocenters. The smallest absolute Gasteiger partial charge is 0.180 e. The highest BCUT2D eigenvalue weighted by molar-refractivity contribution is 7.90. The van der Waals surface area contributed by atoms with Crippen molar-refractivity contribution in [2.75, 3.05) is 26.0 Å². The Balaban J connectivity index is 2.11. The van der Waals surface area contributed by atoms with E-state index in [9.17, 15) is 8.42 Å². The van der Waals surface area contributed by atoms with E-state index in [1.165, 1.54) is 12.1 Å². The lowest BCUT2D eigenvalue weighted by molar-refractivity contribution is 0.0884. The maximum Gasteiger partial charge on any atom is 0.180 e. The monoisotopic (exact) mass is 347 g/mol. The number of ether oxygens (including phenoxy) is 2. The first-order valence-electron chi connectivity index (χ1n) is 7.10. The van der Waals surface area contributed by atoms with Crippen LogP contribution in [0.15, 0.2) is 17.0 Å². The van der Waals surface area contributed by atoms with Gasteiger partial charge in [0, 0.05) is 25.4 Å². The highest BCUT2D eigenvalue weighted by Crippen LogP contribution is 2.40. The van der Waals surface area contributed by atoms with Crippen LogP contribution >= 0.6 is 11.6 Å². The molecule has 0 bridgehead atoms. The van der Waals surface area contributed by atoms with Gasteiger partial charge < -0.3 is 14.8 Å². The molecule has 22 heavy (non-hydrogen) atoms. The van der Waals surface area contributed by atoms with E-state index >= 15 is 0 Å². The third kappa shape index (κ3) is 4.51. The fourth-order valence-electron chi connectivity index (χ4n) is 2.08. The van der Waals surface area contributed by atoms with E-state index in [1.54, 1.807) is 0 Å². The van der Waals surface area contributed by atoms with Gasteiger partial charge in [-0.1, -0.05) is 32.4 Å². The summed E-state index contributed by atoms with van der Waals surface area (Å²) in [5.41, 5.74) is 0.181. The van der Waals surface area contributed by atoms with Crippen molar-refractivity contribution in [3.63, 3.8) is 0 Å². The van der Waals surface area contributed by atoms with E-state index in [1.807, 2.05) is 0 Å². The number of halogens is 1. The maximum atomic E-state index is 11.7. The number of nitrogens with one attached hydrogen (secondary N) is 1. The number of hydrogen-bond donors (Lipinski definition) is 1. The zero-order valence-electron chi connectivity index (χ0n) is 13.3. The second-order valence-electron chi connectivity index (χ2n) is 6.75. The molecule has 0 spiro atoms. The zero-order valence-corrected chi connectivity index (χ0v) is 14.8. The van der Waals surface area contributed by atoms with Crippen LogP contribution in [0.3, 0.4) is 0 Å². The Morgan fingerprint density at radius 1 is 1.36 bits per heavy atom. The Hall–Kier alpha value is -0.980. The molecule has 0 fully saturated rings. The molecule has 0 saturated carbocycles. The normalized spacial score (nSPS) is 18.3. The highest BCUT2D eigenvalue weighted by atomic mass is 35.5. The summed E-state index contributed by atoms with van der Waals surface area (Å²) < 4.78 is 34.8. The van der Waals surface area contributed by atoms with Gasteiger partial charge in [0.2, 0.25) is 0 Å². The number of rotatable bonds is 4. The summed E-state index contributed by atoms with van der Waals surface area (Å²) in [7, 11) is -3.35. The molecule has 124 valence electrons. The van der Waals surface area contributed by atoms with Crippen molar-refractivity contribution < 1.29 is 17.9 Å². The van der Waals surface area contributed by atoms with Gasteiger partial charge in [0.25, 0.3) is 0 Å². The van der Waals surface area contributed by atoms with Crippen molar-refractivity contribution in [3.8, 4) is 11.5 Å². The average molecular weight is 348 g/mol. The number of fused-ring (bicyclic) bond motifs is 1. The van der Waals surface area contributed by atoms with Gasteiger partial charge in [0.1, 0.15) is 12.7 Å². The Bertz CT molecular complexity index is 652. The predicted molar refractivity (Wildman–Crippen MR) is 86.8 cm³/mol. The van der Waals surface area contributed by atoms with Crippen LogP contribution < -0.4 is 14.8 Å². The molecular formula is C15H22ClNO4S. The molecule has 2 rings (SSSR count). The molecule has 7 heteroatoms. The summed E-state index contributed by atoms with van der Waals surface area (Å²) in [5.74, 6) is 0.780. The molecule has 1 aromatic carbocycles. The van der Waals surface area contributed by atoms with E-state index in [2.05, 4.69) is 26.1 Å². The molecule has 1 aliphatic rings. The maximum absolute atomic E-state index is 11.7. The summed E-state index contributed by atoms with van der Waals surface area (Å²) in [4.78, 5) is 0.128. The minimum atomic E-state index is -3.35. The average Bonchev–Trinajstić information content (AvgIpc) is 2.35. The van der Waals surface area contributed by atoms with Crippen LogP contribution in [-0.2, 0) is 9.84 Å². The van der Waals surface area contributed by atoms with E-state index in [4.69, 9.17) is 21.1 Å². The van der Waals surface area contributed by atoms with Gasteiger partial charge >= 0.3 is 0 Å². The van der Waals surface area contributed by atoms with Crippen LogP contribution in [0.4, 0.5) is 0 Å². The molecule has 1 aromatic rings. The van der Waals surface area contributed by atoms with Crippen LogP contribution in [0.25, 0.3) is 0 Å². The van der Waals surface area contributed by atoms with Crippen LogP contribution in [-0.4, -0.2) is 40.5 Å². The summed E-state index contributed by atoms with van der Waals surface area (Å²) in [6.07, 6.45) is 0.956. The third-order valence-electron chi connectivity index (χ3n) is 3.15. The second kappa shape index (κ2) is 6.26. The van der Waals surface area contributed by atoms with Gasteiger partial charge in [-0.25, -0.2) is 8.42 Å². The summed E-state index contributed by atoms with van der Waals surface area (Å²) in [6.45, 7) is 8.28. The Morgan fingerprint density at radius 2 is 2.05 bits per heavy atom. The minimum absolute atomic E-state index is 0.128. The van der Waals surface area contributed by atoms with Crippen molar-refractivity contribution in [3.05, 3.63) is 17.2 Å². The van der Waals surface area contributed by atoms with Crippen molar-refractivity contribution in [2.24, 2.45) is 5.41 Å². The van der Waals surface area contributed by atoms with Crippen molar-refractivity contribution in [2.45, 2.75) is 31.8 Å². The SMILES string of the molecule is CC(C)(C)CNC[C@H]1COc2c(Cl)cc(S(C)(=O)=O)cc2O1. The largest absolute Gasteiger partial charge is 0.484 e. The fourth-order valence-corrected chi connectivity index (χ4v) is 3.07. The molecule has 0 amide bonds. The van der Waals surface area contributed by atoms with Gasteiger partial charge in [-0.15, -0.1) is 0 Å². The van der Waals surface area contributed by atoms with Crippen LogP contribution in [0.2, 0.25) is 5.02 Å². The lowest BCUT2D eigenvalue weighted by Gasteiger charge is -2.29. The minimum Gasteiger partial charge on any atom is -0.484 e. The summed E-state index contributed by atoms with van der Waals surface area (Å²) in [5, 5.41) is 3.58. The first-order chi connectivity index (χ1) is 10.1. The van der Waals surface area contributed by atoms with Gasteiger partial charge in [0.05, 0.1) is 9.92 Å². The lowest BCUT2D eigenvalue weighted by Crippen LogP contribution is -2.41. The lowest BCUT2D eigenvalue weighted by atomic mass is 9.97. The molecule has 1 aliphatic heterocycles. The van der Waals surface area contributed by atoms with E-state index in [0.29, 0.717) is 24.7 Å². The molecule has 0 aliphatic carbocycles. The van der Waals surface area contributed by atoms with Crippen molar-refractivity contribution in [1.82, 2.24) is 5.32 Å². The number of hydrogen-bond acceptors (Lipinski definition) is 5. The number of benzene rings is 1. The van der Waals surface area contributed by atoms with Gasteiger partial charge in [-0.05, 0) is 11.5 Å². The Labute approximate surface area is 136 Å². The highest BCUT2D eigenvalue weighted by Gasteiger charge is 2.26. The van der Waals surface area contributed by atoms with Gasteiger partial charge in [-0.2, -0.15) is 0 Å². The Kier molecular flexibility index (Phi) is 4.94. The topological polar surface area (TPSA) is 64.6 Å². The second-order valence-corrected chi connectivity index (χ2v) is 9.17. The number of sulfone groups is 1. The van der Waals surface area contributed by atoms with E-state index < -0.39 is 9.84 Å². The van der Waals surface area contributed by atoms with Gasteiger partial charge in [0.15, 0.2) is 21.3 Å². The van der Waals surface area contributed by atoms with Crippen LogP contribution in [0.5, 0.6) is 11.5 Å². The predicted octanol–water partition coefficient (Wildman–Crippen LogP) is 2.52. The molecule has 5 nitrogen and oxygen atoms in total. The first-order valence-corrected chi connectivity index (χ1v) is 9.37. The summed E-state index contributed by atoms with van der Waals surface area (Å²) >= 11 is 6.08. The molecule has 1 heterocycles. The standard InChI is InChI=1S/C15H22ClNO4S/c1-15(2,3)9-17-7-10-8-20-14-12(16)5-11(22(4,18)19)6-13(14)21-10/h5-6,10,17H,7-9H2,1-4H3/t10-/m0/s1. The van der Waals surface area contributed by atoms with E-state index in [-0.39, 0.29) is 21.4 Å². The zero-order chi connectivity index (χ0) is 16.5. The van der Waals surface area contributed by atoms with Crippen molar-refractivity contribution in [1.29, 1.82) is 0 Å². The summed E-state index contributed by atoms with van der Waals surface area (Å²) in [6, 6.07) is 2.85. The molecule has 0 saturated heterocycles. The van der Waals surface area contributed by atoms with Crippen molar-refractivity contribution >= 4 is 21.4 Å². The fraction of sp³-hybridized carbons (Fsp3) is 0.600. The quantitative estimate of drug-likeness (QED) is 0.906. The van der Waals surface area contributed by atoms with Gasteiger partial charge in [-0.3, -0.25) is 0 Å². The molecule has 0 aromatic heterocycles. The molecule has 1 N–H and O–H groups in total. The molecular weight excluding hydrogens is 326 g/mol. The molecule has 0 radical (unpaired) electrons. The van der Waals surface area contributed by atoms with Crippen LogP contribution in [0, 0.1) is 5.41 Å². The van der Waals surface area contributed by atoms with Crippen LogP contribution in [0.1, 0.15) is 20.8 Å². The molecule has 0 unspecified atom stereocenters. The Morgan fingerprint density at radius 3 is 2.64 bits per heavy atom. The van der Waals surface area contributed by atoms with E-state index in [0.717, 1.165) is 12.8 Å². The first kappa shape index (κ1) is 17.4. The third-order valence-corrected chi connectivity index (χ3v) is 4.52.